The van der Waals surface area contributed by atoms with Crippen LogP contribution in [0, 0.1) is 0 Å². The molecule has 2 heterocycles. The molecule has 2 aromatic heterocycles. The van der Waals surface area contributed by atoms with Crippen molar-refractivity contribution in [3.05, 3.63) is 34.3 Å². The molecule has 0 aliphatic heterocycles. The minimum absolute atomic E-state index is 0.238. The first-order valence-electron chi connectivity index (χ1n) is 4.37. The summed E-state index contributed by atoms with van der Waals surface area (Å²) in [6.45, 7) is 0.509. The zero-order valence-electron chi connectivity index (χ0n) is 7.86. The fourth-order valence-corrected chi connectivity index (χ4v) is 1.79. The Hall–Kier alpha value is -1.82. The predicted molar refractivity (Wildman–Crippen MR) is 58.5 cm³/mol. The average Bonchev–Trinajstić information content (AvgIpc) is 2.84. The third kappa shape index (κ3) is 2.16. The summed E-state index contributed by atoms with van der Waals surface area (Å²) in [5.74, 6) is -0.238. The molecular formula is C9H10N4OS. The highest BCUT2D eigenvalue weighted by Gasteiger charge is 2.10. The van der Waals surface area contributed by atoms with Gasteiger partial charge in [-0.25, -0.2) is 0 Å². The monoisotopic (exact) mass is 222 g/mol. The zero-order chi connectivity index (χ0) is 10.7. The number of carbonyl (C=O) groups is 1. The number of hydrogen-bond donors (Lipinski definition) is 3. The highest BCUT2D eigenvalue weighted by atomic mass is 32.1. The van der Waals surface area contributed by atoms with Crippen molar-refractivity contribution < 1.29 is 4.79 Å². The number of nitrogens with zero attached hydrogens (tertiary/aromatic N) is 1. The summed E-state index contributed by atoms with van der Waals surface area (Å²) in [7, 11) is 0. The van der Waals surface area contributed by atoms with Gasteiger partial charge in [0.05, 0.1) is 18.4 Å². The molecule has 4 N–H and O–H groups in total. The van der Waals surface area contributed by atoms with E-state index in [1.165, 1.54) is 6.20 Å². The standard InChI is InChI=1S/C9H10N4OS/c10-7-5-12-13-8(7)9(14)11-4-6-2-1-3-15-6/h1-3,5H,4,10H2,(H,11,14)(H,12,13). The van der Waals surface area contributed by atoms with Crippen molar-refractivity contribution in [2.75, 3.05) is 5.73 Å². The van der Waals surface area contributed by atoms with E-state index in [0.29, 0.717) is 17.9 Å². The van der Waals surface area contributed by atoms with Gasteiger partial charge >= 0.3 is 0 Å². The van der Waals surface area contributed by atoms with E-state index >= 15 is 0 Å². The summed E-state index contributed by atoms with van der Waals surface area (Å²) < 4.78 is 0. The molecule has 2 aromatic rings. The van der Waals surface area contributed by atoms with E-state index in [2.05, 4.69) is 15.5 Å². The van der Waals surface area contributed by atoms with Crippen LogP contribution in [0.15, 0.2) is 23.7 Å². The third-order valence-electron chi connectivity index (χ3n) is 1.90. The molecule has 1 amide bonds. The first-order chi connectivity index (χ1) is 7.27. The molecule has 0 unspecified atom stereocenters. The molecule has 15 heavy (non-hydrogen) atoms. The largest absolute Gasteiger partial charge is 0.396 e. The minimum atomic E-state index is -0.238. The lowest BCUT2D eigenvalue weighted by Crippen LogP contribution is -2.23. The SMILES string of the molecule is Nc1cn[nH]c1C(=O)NCc1cccs1. The molecule has 0 saturated carbocycles. The lowest BCUT2D eigenvalue weighted by molar-refractivity contribution is 0.0947. The van der Waals surface area contributed by atoms with Crippen LogP contribution in [0.4, 0.5) is 5.69 Å². The zero-order valence-corrected chi connectivity index (χ0v) is 8.67. The number of anilines is 1. The summed E-state index contributed by atoms with van der Waals surface area (Å²) in [6.07, 6.45) is 1.42. The molecule has 0 bridgehead atoms. The molecule has 0 aliphatic rings. The third-order valence-corrected chi connectivity index (χ3v) is 2.78. The van der Waals surface area contributed by atoms with Gasteiger partial charge in [0.2, 0.25) is 0 Å². The van der Waals surface area contributed by atoms with E-state index in [1.807, 2.05) is 17.5 Å². The number of H-pyrrole nitrogens is 1. The first-order valence-corrected chi connectivity index (χ1v) is 5.25. The van der Waals surface area contributed by atoms with Crippen molar-refractivity contribution in [2.24, 2.45) is 0 Å². The molecule has 0 fully saturated rings. The Morgan fingerprint density at radius 2 is 2.53 bits per heavy atom. The molecule has 0 saturated heterocycles. The van der Waals surface area contributed by atoms with Crippen LogP contribution in [0.25, 0.3) is 0 Å². The van der Waals surface area contributed by atoms with Crippen molar-refractivity contribution in [1.82, 2.24) is 15.5 Å². The van der Waals surface area contributed by atoms with E-state index in [1.54, 1.807) is 11.3 Å². The molecule has 78 valence electrons. The second-order valence-electron chi connectivity index (χ2n) is 2.96. The van der Waals surface area contributed by atoms with Crippen LogP contribution in [0.2, 0.25) is 0 Å². The molecule has 2 rings (SSSR count). The summed E-state index contributed by atoms with van der Waals surface area (Å²) in [5, 5.41) is 10.9. The van der Waals surface area contributed by atoms with E-state index < -0.39 is 0 Å². The maximum absolute atomic E-state index is 11.6. The Kier molecular flexibility index (Phi) is 2.68. The van der Waals surface area contributed by atoms with Crippen molar-refractivity contribution in [3.63, 3.8) is 0 Å². The van der Waals surface area contributed by atoms with Crippen LogP contribution >= 0.6 is 11.3 Å². The van der Waals surface area contributed by atoms with Crippen LogP contribution in [0.5, 0.6) is 0 Å². The van der Waals surface area contributed by atoms with Gasteiger partial charge in [0.1, 0.15) is 5.69 Å². The summed E-state index contributed by atoms with van der Waals surface area (Å²) in [4.78, 5) is 12.7. The Bertz CT molecular complexity index is 448. The number of nitrogen functional groups attached to an aromatic ring is 1. The van der Waals surface area contributed by atoms with E-state index in [-0.39, 0.29) is 5.91 Å². The summed E-state index contributed by atoms with van der Waals surface area (Å²) >= 11 is 1.59. The quantitative estimate of drug-likeness (QED) is 0.724. The molecule has 0 spiro atoms. The predicted octanol–water partition coefficient (Wildman–Crippen LogP) is 0.983. The van der Waals surface area contributed by atoms with Crippen molar-refractivity contribution in [1.29, 1.82) is 0 Å². The van der Waals surface area contributed by atoms with Gasteiger partial charge in [-0.2, -0.15) is 5.10 Å². The van der Waals surface area contributed by atoms with Crippen LogP contribution in [-0.2, 0) is 6.54 Å². The number of aromatic amines is 1. The Labute approximate surface area is 90.3 Å². The smallest absolute Gasteiger partial charge is 0.271 e. The van der Waals surface area contributed by atoms with Gasteiger partial charge in [-0.15, -0.1) is 11.3 Å². The molecule has 0 aromatic carbocycles. The first kappa shape index (κ1) is 9.72. The number of nitrogens with one attached hydrogen (secondary N) is 2. The average molecular weight is 222 g/mol. The van der Waals surface area contributed by atoms with Crippen molar-refractivity contribution >= 4 is 22.9 Å². The molecule has 0 atom stereocenters. The Balaban J connectivity index is 1.96. The maximum Gasteiger partial charge on any atom is 0.271 e. The lowest BCUT2D eigenvalue weighted by atomic mass is 10.3. The topological polar surface area (TPSA) is 83.8 Å². The van der Waals surface area contributed by atoms with Crippen molar-refractivity contribution in [3.8, 4) is 0 Å². The van der Waals surface area contributed by atoms with Gasteiger partial charge in [-0.05, 0) is 11.4 Å². The number of thiophene rings is 1. The molecular weight excluding hydrogens is 212 g/mol. The minimum Gasteiger partial charge on any atom is -0.396 e. The Morgan fingerprint density at radius 3 is 3.13 bits per heavy atom. The van der Waals surface area contributed by atoms with Crippen LogP contribution < -0.4 is 11.1 Å². The molecule has 0 radical (unpaired) electrons. The number of amides is 1. The number of hydrogen-bond acceptors (Lipinski definition) is 4. The van der Waals surface area contributed by atoms with E-state index in [9.17, 15) is 4.79 Å². The second-order valence-corrected chi connectivity index (χ2v) is 3.99. The Morgan fingerprint density at radius 1 is 1.67 bits per heavy atom. The molecule has 5 nitrogen and oxygen atoms in total. The van der Waals surface area contributed by atoms with Gasteiger partial charge in [0, 0.05) is 4.88 Å². The summed E-state index contributed by atoms with van der Waals surface area (Å²) in [6, 6.07) is 3.90. The van der Waals surface area contributed by atoms with Gasteiger partial charge in [0.25, 0.3) is 5.91 Å². The van der Waals surface area contributed by atoms with Gasteiger partial charge in [-0.1, -0.05) is 6.07 Å². The summed E-state index contributed by atoms with van der Waals surface area (Å²) in [5.41, 5.74) is 6.21. The molecule has 6 heteroatoms. The number of carbonyl (C=O) groups excluding carboxylic acids is 1. The van der Waals surface area contributed by atoms with Crippen LogP contribution in [-0.4, -0.2) is 16.1 Å². The second kappa shape index (κ2) is 4.14. The highest BCUT2D eigenvalue weighted by Crippen LogP contribution is 2.09. The fourth-order valence-electron chi connectivity index (χ4n) is 1.15. The van der Waals surface area contributed by atoms with Crippen LogP contribution in [0.3, 0.4) is 0 Å². The lowest BCUT2D eigenvalue weighted by Gasteiger charge is -2.01. The number of rotatable bonds is 3. The van der Waals surface area contributed by atoms with E-state index in [0.717, 1.165) is 4.88 Å². The van der Waals surface area contributed by atoms with Gasteiger partial charge < -0.3 is 11.1 Å². The number of aromatic nitrogens is 2. The fraction of sp³-hybridized carbons (Fsp3) is 0.111. The van der Waals surface area contributed by atoms with Gasteiger partial charge in [0.15, 0.2) is 0 Å². The normalized spacial score (nSPS) is 10.1. The number of nitrogens with two attached hydrogens (primary N) is 1. The van der Waals surface area contributed by atoms with Gasteiger partial charge in [-0.3, -0.25) is 9.89 Å². The maximum atomic E-state index is 11.6. The van der Waals surface area contributed by atoms with Crippen LogP contribution in [0.1, 0.15) is 15.4 Å². The van der Waals surface area contributed by atoms with E-state index in [4.69, 9.17) is 5.73 Å². The van der Waals surface area contributed by atoms with Crippen molar-refractivity contribution in [2.45, 2.75) is 6.54 Å². The highest BCUT2D eigenvalue weighted by molar-refractivity contribution is 7.09. The molecule has 0 aliphatic carbocycles.